The topological polar surface area (TPSA) is 62.5 Å². The van der Waals surface area contributed by atoms with E-state index in [0.717, 1.165) is 28.6 Å². The van der Waals surface area contributed by atoms with Gasteiger partial charge in [-0.05, 0) is 16.9 Å². The van der Waals surface area contributed by atoms with Crippen molar-refractivity contribution in [3.05, 3.63) is 46.0 Å². The van der Waals surface area contributed by atoms with Gasteiger partial charge in [-0.15, -0.1) is 0 Å². The summed E-state index contributed by atoms with van der Waals surface area (Å²) in [6.45, 7) is 0. The van der Waals surface area contributed by atoms with Crippen molar-refractivity contribution < 1.29 is 9.90 Å². The Morgan fingerprint density at radius 3 is 3.06 bits per heavy atom. The second kappa shape index (κ2) is 2.71. The van der Waals surface area contributed by atoms with Crippen LogP contribution in [0.4, 0.5) is 4.79 Å². The summed E-state index contributed by atoms with van der Waals surface area (Å²) in [7, 11) is 0. The third kappa shape index (κ3) is 1.15. The smallest absolute Gasteiger partial charge is 0.413 e. The first-order chi connectivity index (χ1) is 8.25. The Morgan fingerprint density at radius 2 is 2.24 bits per heavy atom. The molecule has 1 aromatic carbocycles. The molecule has 2 heterocycles. The van der Waals surface area contributed by atoms with Gasteiger partial charge in [-0.25, -0.2) is 4.79 Å². The molecule has 1 aromatic rings. The number of carboxylic acid groups (broad SMARTS) is 1. The van der Waals surface area contributed by atoms with Crippen molar-refractivity contribution in [2.45, 2.75) is 12.6 Å². The highest BCUT2D eigenvalue weighted by Crippen LogP contribution is 2.40. The molecule has 3 aliphatic rings. The highest BCUT2D eigenvalue weighted by Gasteiger charge is 2.45. The van der Waals surface area contributed by atoms with Crippen LogP contribution >= 0.6 is 0 Å². The van der Waals surface area contributed by atoms with Crippen molar-refractivity contribution in [1.82, 2.24) is 10.2 Å². The highest BCUT2D eigenvalue weighted by molar-refractivity contribution is 5.81. The average molecular weight is 226 g/mol. The molecule has 17 heavy (non-hydrogen) atoms. The lowest BCUT2D eigenvalue weighted by molar-refractivity contribution is 0.158. The summed E-state index contributed by atoms with van der Waals surface area (Å²) < 4.78 is 0. The van der Waals surface area contributed by atoms with Gasteiger partial charge in [0.05, 0.1) is 5.70 Å². The van der Waals surface area contributed by atoms with E-state index in [0.29, 0.717) is 0 Å². The second-order valence-electron chi connectivity index (χ2n) is 4.49. The molecule has 0 aromatic heterocycles. The Hall–Kier alpha value is -2.23. The molecule has 1 unspecified atom stereocenters. The molecule has 1 amide bonds. The maximum Gasteiger partial charge on any atom is 0.413 e. The van der Waals surface area contributed by atoms with Crippen LogP contribution < -0.4 is 15.8 Å². The first-order valence-corrected chi connectivity index (χ1v) is 5.57. The fourth-order valence-corrected chi connectivity index (χ4v) is 2.47. The number of nitrogens with one attached hydrogen (secondary N) is 1. The number of fused-ring (bicyclic) bond motifs is 2. The Labute approximate surface area is 97.2 Å². The molecule has 2 N–H and O–H groups in total. The molecule has 0 spiro atoms. The molecule has 1 fully saturated rings. The van der Waals surface area contributed by atoms with E-state index in [1.54, 1.807) is 0 Å². The van der Waals surface area contributed by atoms with Crippen LogP contribution in [0.15, 0.2) is 35.5 Å². The molecule has 2 aliphatic heterocycles. The van der Waals surface area contributed by atoms with Crippen LogP contribution in [0.1, 0.15) is 6.42 Å². The molecule has 4 rings (SSSR count). The number of hydrogen-bond acceptors (Lipinski definition) is 2. The number of hydrogen-bond donors (Lipinski definition) is 2. The Bertz CT molecular complexity index is 702. The minimum atomic E-state index is -0.879. The van der Waals surface area contributed by atoms with Crippen molar-refractivity contribution in [3.8, 4) is 0 Å². The normalized spacial score (nSPS) is 23.4. The van der Waals surface area contributed by atoms with E-state index in [4.69, 9.17) is 0 Å². The summed E-state index contributed by atoms with van der Waals surface area (Å²) >= 11 is 0. The third-order valence-corrected chi connectivity index (χ3v) is 3.42. The second-order valence-corrected chi connectivity index (χ2v) is 4.49. The molecule has 0 saturated carbocycles. The summed E-state index contributed by atoms with van der Waals surface area (Å²) in [6.07, 6.45) is 1.83. The van der Waals surface area contributed by atoms with Gasteiger partial charge in [0.2, 0.25) is 0 Å². The number of nitrogens with zero attached hydrogens (tertiary/aromatic N) is 1. The first kappa shape index (κ1) is 8.87. The van der Waals surface area contributed by atoms with Crippen molar-refractivity contribution in [1.29, 1.82) is 0 Å². The molecule has 4 nitrogen and oxygen atoms in total. The first-order valence-electron chi connectivity index (χ1n) is 5.57. The standard InChI is InChI=1S/C13H10N2O2/c16-13(17)15-10-6-8(10)5-7-3-1-2-4-9(7)11-12(15)14-11/h1-5,12,14H,6H2,(H,16,17). The monoisotopic (exact) mass is 226 g/mol. The van der Waals surface area contributed by atoms with Gasteiger partial charge >= 0.3 is 6.09 Å². The number of rotatable bonds is 0. The zero-order valence-electron chi connectivity index (χ0n) is 8.97. The quantitative estimate of drug-likeness (QED) is 0.619. The van der Waals surface area contributed by atoms with E-state index in [2.05, 4.69) is 17.5 Å². The van der Waals surface area contributed by atoms with Gasteiger partial charge in [0, 0.05) is 17.3 Å². The van der Waals surface area contributed by atoms with Crippen LogP contribution in [0.3, 0.4) is 0 Å². The van der Waals surface area contributed by atoms with Crippen molar-refractivity contribution >= 4 is 17.9 Å². The minimum Gasteiger partial charge on any atom is -0.465 e. The molecule has 84 valence electrons. The number of carbonyl (C=O) groups is 1. The molecule has 0 bridgehead atoms. The fraction of sp³-hybridized carbons (Fsp3) is 0.154. The van der Waals surface area contributed by atoms with Crippen LogP contribution in [0, 0.1) is 0 Å². The third-order valence-electron chi connectivity index (χ3n) is 3.42. The van der Waals surface area contributed by atoms with E-state index < -0.39 is 6.09 Å². The fourth-order valence-electron chi connectivity index (χ4n) is 2.47. The Balaban J connectivity index is 2.02. The number of allylic oxidation sites excluding steroid dienone is 2. The SMILES string of the molecule is O=C(O)N1C2=C(C=c3ccccc3=C3NC31)C2. The summed E-state index contributed by atoms with van der Waals surface area (Å²) in [5.74, 6) is 0. The molecule has 0 radical (unpaired) electrons. The van der Waals surface area contributed by atoms with Gasteiger partial charge in [0.15, 0.2) is 6.17 Å². The molecular weight excluding hydrogens is 216 g/mol. The van der Waals surface area contributed by atoms with E-state index in [-0.39, 0.29) is 6.17 Å². The van der Waals surface area contributed by atoms with Gasteiger partial charge in [-0.1, -0.05) is 24.3 Å². The Kier molecular flexibility index (Phi) is 1.42. The summed E-state index contributed by atoms with van der Waals surface area (Å²) in [5, 5.41) is 14.7. The summed E-state index contributed by atoms with van der Waals surface area (Å²) in [6, 6.07) is 8.08. The average Bonchev–Trinajstić information content (AvgIpc) is 3.18. The predicted molar refractivity (Wildman–Crippen MR) is 62.0 cm³/mol. The van der Waals surface area contributed by atoms with Crippen LogP contribution in [-0.4, -0.2) is 22.3 Å². The maximum absolute atomic E-state index is 11.2. The van der Waals surface area contributed by atoms with Crippen LogP contribution in [0.25, 0.3) is 11.8 Å². The van der Waals surface area contributed by atoms with E-state index in [1.165, 1.54) is 10.1 Å². The molecule has 1 aliphatic carbocycles. The van der Waals surface area contributed by atoms with Gasteiger partial charge in [-0.2, -0.15) is 0 Å². The zero-order valence-corrected chi connectivity index (χ0v) is 8.97. The minimum absolute atomic E-state index is 0.158. The summed E-state index contributed by atoms with van der Waals surface area (Å²) in [4.78, 5) is 12.7. The lowest BCUT2D eigenvalue weighted by Gasteiger charge is -2.12. The largest absolute Gasteiger partial charge is 0.465 e. The lowest BCUT2D eigenvalue weighted by atomic mass is 10.2. The zero-order chi connectivity index (χ0) is 11.6. The van der Waals surface area contributed by atoms with Crippen molar-refractivity contribution in [2.24, 2.45) is 0 Å². The molecule has 1 saturated heterocycles. The van der Waals surface area contributed by atoms with E-state index in [9.17, 15) is 9.90 Å². The lowest BCUT2D eigenvalue weighted by Crippen LogP contribution is -2.32. The van der Waals surface area contributed by atoms with Crippen LogP contribution in [0.2, 0.25) is 0 Å². The highest BCUT2D eigenvalue weighted by atomic mass is 16.4. The van der Waals surface area contributed by atoms with Crippen LogP contribution in [0.5, 0.6) is 0 Å². The van der Waals surface area contributed by atoms with Gasteiger partial charge < -0.3 is 10.4 Å². The van der Waals surface area contributed by atoms with E-state index >= 15 is 0 Å². The maximum atomic E-state index is 11.2. The van der Waals surface area contributed by atoms with Crippen molar-refractivity contribution in [3.63, 3.8) is 0 Å². The number of benzene rings is 1. The van der Waals surface area contributed by atoms with Gasteiger partial charge in [0.25, 0.3) is 0 Å². The molecule has 1 atom stereocenters. The van der Waals surface area contributed by atoms with E-state index in [1.807, 2.05) is 18.2 Å². The molecule has 4 heteroatoms. The number of amides is 1. The van der Waals surface area contributed by atoms with Gasteiger partial charge in [0.1, 0.15) is 0 Å². The Morgan fingerprint density at radius 1 is 1.41 bits per heavy atom. The molecular formula is C13H10N2O2. The van der Waals surface area contributed by atoms with Crippen molar-refractivity contribution in [2.75, 3.05) is 0 Å². The van der Waals surface area contributed by atoms with Crippen LogP contribution in [-0.2, 0) is 0 Å². The van der Waals surface area contributed by atoms with Gasteiger partial charge in [-0.3, -0.25) is 4.90 Å². The summed E-state index contributed by atoms with van der Waals surface area (Å²) in [5.41, 5.74) is 3.07. The predicted octanol–water partition coefficient (Wildman–Crippen LogP) is 0.156.